The molecule has 6 rings (SSSR count). The lowest BCUT2D eigenvalue weighted by Crippen LogP contribution is -2.40. The number of carbonyl (C=O) groups excluding carboxylic acids is 4. The number of rotatable bonds is 13. The summed E-state index contributed by atoms with van der Waals surface area (Å²) < 4.78 is 26.9. The Labute approximate surface area is 326 Å². The van der Waals surface area contributed by atoms with Gasteiger partial charge in [-0.2, -0.15) is 0 Å². The number of pyridine rings is 2. The number of ether oxygens (including phenoxy) is 5. The van der Waals surface area contributed by atoms with E-state index in [-0.39, 0.29) is 49.7 Å². The molecule has 0 fully saturated rings. The fourth-order valence-electron chi connectivity index (χ4n) is 6.76. The first-order chi connectivity index (χ1) is 27.2. The third kappa shape index (κ3) is 10.0. The van der Waals surface area contributed by atoms with Crippen molar-refractivity contribution in [3.63, 3.8) is 0 Å². The van der Waals surface area contributed by atoms with Crippen LogP contribution in [0.15, 0.2) is 120 Å². The maximum Gasteiger partial charge on any atom is 0.336 e. The third-order valence-electron chi connectivity index (χ3n) is 9.57. The van der Waals surface area contributed by atoms with Crippen molar-refractivity contribution >= 4 is 23.8 Å². The highest BCUT2D eigenvalue weighted by Crippen LogP contribution is 2.37. The van der Waals surface area contributed by atoms with Crippen LogP contribution in [-0.4, -0.2) is 73.1 Å². The molecule has 2 unspecified atom stereocenters. The molecule has 0 saturated carbocycles. The first kappa shape index (κ1) is 40.8. The van der Waals surface area contributed by atoms with Gasteiger partial charge in [0, 0.05) is 85.6 Å². The summed E-state index contributed by atoms with van der Waals surface area (Å²) >= 11 is 0. The molecule has 4 heterocycles. The second kappa shape index (κ2) is 19.8. The van der Waals surface area contributed by atoms with Crippen molar-refractivity contribution in [1.82, 2.24) is 20.2 Å². The molecule has 2 aromatic carbocycles. The molecular formula is C43H46N4O9. The van der Waals surface area contributed by atoms with E-state index >= 15 is 0 Å². The van der Waals surface area contributed by atoms with E-state index in [1.165, 1.54) is 0 Å². The number of nitrogens with one attached hydrogen (secondary N) is 1. The molecule has 4 aromatic rings. The number of methoxy groups -OCH3 is 3. The number of para-hydroxylation sites is 2. The molecule has 0 aliphatic carbocycles. The Bertz CT molecular complexity index is 2070. The second-order valence-electron chi connectivity index (χ2n) is 13.0. The summed E-state index contributed by atoms with van der Waals surface area (Å²) in [7, 11) is 4.73. The summed E-state index contributed by atoms with van der Waals surface area (Å²) in [4.78, 5) is 60.3. The fourth-order valence-corrected chi connectivity index (χ4v) is 6.76. The number of amides is 2. The molecule has 0 bridgehead atoms. The van der Waals surface area contributed by atoms with Crippen LogP contribution in [0.3, 0.4) is 0 Å². The van der Waals surface area contributed by atoms with Crippen molar-refractivity contribution in [2.45, 2.75) is 51.7 Å². The SMILES string of the molecule is COCCN1C(=O)CC(c2ccncc2)C(C(=O)OCc2ccccc2OC)=C1C.COc1ccccc1COC(=O)C1=C(C)NC(=O)CC1c1ccncc1. The van der Waals surface area contributed by atoms with Crippen molar-refractivity contribution < 1.29 is 42.9 Å². The lowest BCUT2D eigenvalue weighted by molar-refractivity contribution is -0.142. The summed E-state index contributed by atoms with van der Waals surface area (Å²) in [5.74, 6) is -0.485. The molecule has 13 nitrogen and oxygen atoms in total. The van der Waals surface area contributed by atoms with Crippen molar-refractivity contribution in [2.24, 2.45) is 0 Å². The number of hydrogen-bond acceptors (Lipinski definition) is 11. The second-order valence-corrected chi connectivity index (χ2v) is 13.0. The van der Waals surface area contributed by atoms with E-state index in [9.17, 15) is 19.2 Å². The molecule has 0 saturated heterocycles. The van der Waals surface area contributed by atoms with Gasteiger partial charge in [-0.25, -0.2) is 9.59 Å². The number of nitrogens with zero attached hydrogens (tertiary/aromatic N) is 3. The van der Waals surface area contributed by atoms with Gasteiger partial charge in [0.05, 0.1) is 32.0 Å². The van der Waals surface area contributed by atoms with Crippen LogP contribution in [0.4, 0.5) is 0 Å². The number of carbonyl (C=O) groups is 4. The highest BCUT2D eigenvalue weighted by Gasteiger charge is 2.37. The number of hydrogen-bond donors (Lipinski definition) is 1. The summed E-state index contributed by atoms with van der Waals surface area (Å²) in [6.45, 7) is 4.43. The van der Waals surface area contributed by atoms with Gasteiger partial charge in [-0.3, -0.25) is 19.6 Å². The maximum absolute atomic E-state index is 13.2. The van der Waals surface area contributed by atoms with Crippen LogP contribution < -0.4 is 14.8 Å². The fraction of sp³-hybridized carbons (Fsp3) is 0.302. The van der Waals surface area contributed by atoms with E-state index in [1.54, 1.807) is 64.9 Å². The van der Waals surface area contributed by atoms with Crippen LogP contribution in [0, 0.1) is 0 Å². The average Bonchev–Trinajstić information content (AvgIpc) is 3.22. The largest absolute Gasteiger partial charge is 0.496 e. The van der Waals surface area contributed by atoms with Crippen molar-refractivity contribution in [3.05, 3.63) is 142 Å². The van der Waals surface area contributed by atoms with E-state index < -0.39 is 11.9 Å². The summed E-state index contributed by atoms with van der Waals surface area (Å²) in [5, 5.41) is 2.73. The molecule has 0 spiro atoms. The van der Waals surface area contributed by atoms with Crippen LogP contribution in [0.1, 0.15) is 60.8 Å². The lowest BCUT2D eigenvalue weighted by Gasteiger charge is -2.34. The molecule has 2 amide bonds. The molecule has 2 aliphatic heterocycles. The van der Waals surface area contributed by atoms with Gasteiger partial charge < -0.3 is 33.9 Å². The van der Waals surface area contributed by atoms with Crippen molar-refractivity contribution in [3.8, 4) is 11.5 Å². The van der Waals surface area contributed by atoms with Crippen molar-refractivity contribution in [1.29, 1.82) is 0 Å². The zero-order chi connectivity index (χ0) is 40.0. The molecule has 13 heteroatoms. The van der Waals surface area contributed by atoms with Crippen LogP contribution in [0.5, 0.6) is 11.5 Å². The van der Waals surface area contributed by atoms with Gasteiger partial charge in [-0.05, 0) is 61.4 Å². The van der Waals surface area contributed by atoms with E-state index in [4.69, 9.17) is 23.7 Å². The molecular weight excluding hydrogens is 716 g/mol. The zero-order valence-electron chi connectivity index (χ0n) is 32.2. The van der Waals surface area contributed by atoms with Gasteiger partial charge in [0.2, 0.25) is 11.8 Å². The number of allylic oxidation sites excluding steroid dienone is 2. The molecule has 2 aromatic heterocycles. The minimum atomic E-state index is -0.449. The summed E-state index contributed by atoms with van der Waals surface area (Å²) in [5.41, 5.74) is 5.32. The van der Waals surface area contributed by atoms with Gasteiger partial charge in [0.15, 0.2) is 0 Å². The maximum atomic E-state index is 13.2. The summed E-state index contributed by atoms with van der Waals surface area (Å²) in [6, 6.07) is 22.0. The predicted molar refractivity (Wildman–Crippen MR) is 206 cm³/mol. The Morgan fingerprint density at radius 2 is 1.18 bits per heavy atom. The minimum absolute atomic E-state index is 0.0485. The Morgan fingerprint density at radius 3 is 1.68 bits per heavy atom. The van der Waals surface area contributed by atoms with E-state index in [1.807, 2.05) is 72.8 Å². The topological polar surface area (TPSA) is 155 Å². The average molecular weight is 763 g/mol. The Kier molecular flexibility index (Phi) is 14.5. The third-order valence-corrected chi connectivity index (χ3v) is 9.57. The van der Waals surface area contributed by atoms with Gasteiger partial charge in [-0.1, -0.05) is 36.4 Å². The molecule has 292 valence electrons. The first-order valence-corrected chi connectivity index (χ1v) is 18.0. The quantitative estimate of drug-likeness (QED) is 0.165. The van der Waals surface area contributed by atoms with Crippen LogP contribution in [-0.2, 0) is 46.6 Å². The predicted octanol–water partition coefficient (Wildman–Crippen LogP) is 5.78. The monoisotopic (exact) mass is 762 g/mol. The van der Waals surface area contributed by atoms with Gasteiger partial charge >= 0.3 is 11.9 Å². The van der Waals surface area contributed by atoms with Gasteiger partial charge in [-0.15, -0.1) is 0 Å². The number of esters is 2. The summed E-state index contributed by atoms with van der Waals surface area (Å²) in [6.07, 6.45) is 6.99. The van der Waals surface area contributed by atoms with E-state index in [0.29, 0.717) is 47.2 Å². The molecule has 0 radical (unpaired) electrons. The van der Waals surface area contributed by atoms with Crippen LogP contribution >= 0.6 is 0 Å². The Hall–Kier alpha value is -6.34. The normalized spacial score (nSPS) is 16.7. The minimum Gasteiger partial charge on any atom is -0.496 e. The van der Waals surface area contributed by atoms with Crippen molar-refractivity contribution in [2.75, 3.05) is 34.5 Å². The Balaban J connectivity index is 0.000000216. The zero-order valence-corrected chi connectivity index (χ0v) is 32.2. The first-order valence-electron chi connectivity index (χ1n) is 18.0. The molecule has 2 aliphatic rings. The molecule has 56 heavy (non-hydrogen) atoms. The smallest absolute Gasteiger partial charge is 0.336 e. The van der Waals surface area contributed by atoms with Crippen LogP contribution in [0.2, 0.25) is 0 Å². The molecule has 1 N–H and O–H groups in total. The molecule has 2 atom stereocenters. The number of aromatic nitrogens is 2. The number of benzene rings is 2. The highest BCUT2D eigenvalue weighted by atomic mass is 16.5. The highest BCUT2D eigenvalue weighted by molar-refractivity contribution is 5.96. The standard InChI is InChI=1S/C23H26N2O5.C20H20N2O4/c1-16-22(23(27)30-15-18-6-4-5-7-20(18)29-3)19(17-8-10-24-11-9-17)14-21(26)25(16)12-13-28-2;1-13-19(16(11-18(23)22-13)14-7-9-21-10-8-14)20(24)26-12-15-5-3-4-6-17(15)25-2/h4-11,19H,12-15H2,1-3H3;3-10,16H,11-12H2,1-2H3,(H,22,23). The van der Waals surface area contributed by atoms with E-state index in [2.05, 4.69) is 15.3 Å². The van der Waals surface area contributed by atoms with Gasteiger partial charge in [0.25, 0.3) is 0 Å². The lowest BCUT2D eigenvalue weighted by atomic mass is 9.84. The van der Waals surface area contributed by atoms with Crippen LogP contribution in [0.25, 0.3) is 0 Å². The van der Waals surface area contributed by atoms with Gasteiger partial charge in [0.1, 0.15) is 24.7 Å². The van der Waals surface area contributed by atoms with E-state index in [0.717, 1.165) is 22.3 Å². The Morgan fingerprint density at radius 1 is 0.696 bits per heavy atom.